The van der Waals surface area contributed by atoms with E-state index < -0.39 is 0 Å². The minimum Gasteiger partial charge on any atom is -0.368 e. The van der Waals surface area contributed by atoms with Crippen molar-refractivity contribution < 1.29 is 9.53 Å². The lowest BCUT2D eigenvalue weighted by Crippen LogP contribution is -2.33. The fourth-order valence-electron chi connectivity index (χ4n) is 2.29. The topological polar surface area (TPSA) is 67.0 Å². The largest absolute Gasteiger partial charge is 0.368 e. The molecule has 0 bridgehead atoms. The second-order valence-electron chi connectivity index (χ2n) is 4.83. The summed E-state index contributed by atoms with van der Waals surface area (Å²) >= 11 is 0. The molecule has 104 valence electrons. The fourth-order valence-corrected chi connectivity index (χ4v) is 2.29. The summed E-state index contributed by atoms with van der Waals surface area (Å²) in [5.41, 5.74) is 2.03. The summed E-state index contributed by atoms with van der Waals surface area (Å²) in [5, 5.41) is 2.85. The maximum atomic E-state index is 11.8. The number of carbonyl (C=O) groups excluding carboxylic acids is 1. The molecule has 0 radical (unpaired) electrons. The Morgan fingerprint density at radius 2 is 2.25 bits per heavy atom. The van der Waals surface area contributed by atoms with Gasteiger partial charge in [-0.05, 0) is 18.4 Å². The molecule has 2 N–H and O–H groups in total. The molecule has 0 unspecified atom stereocenters. The highest BCUT2D eigenvalue weighted by Gasteiger charge is 2.23. The number of rotatable bonds is 4. The van der Waals surface area contributed by atoms with E-state index in [1.54, 1.807) is 6.20 Å². The highest BCUT2D eigenvalue weighted by molar-refractivity contribution is 5.80. The number of nitrogens with zero attached hydrogens (tertiary/aromatic N) is 1. The second kappa shape index (κ2) is 5.88. The lowest BCUT2D eigenvalue weighted by molar-refractivity contribution is -0.130. The van der Waals surface area contributed by atoms with Crippen LogP contribution in [0.25, 0.3) is 11.3 Å². The van der Waals surface area contributed by atoms with Gasteiger partial charge in [0.1, 0.15) is 11.9 Å². The molecular formula is C15H17N3O2. The third-order valence-corrected chi connectivity index (χ3v) is 3.37. The number of hydrogen-bond acceptors (Lipinski definition) is 3. The summed E-state index contributed by atoms with van der Waals surface area (Å²) < 4.78 is 5.34. The normalized spacial score (nSPS) is 18.1. The lowest BCUT2D eigenvalue weighted by atomic mass is 10.2. The van der Waals surface area contributed by atoms with Crippen molar-refractivity contribution >= 4 is 5.91 Å². The molecule has 1 atom stereocenters. The van der Waals surface area contributed by atoms with Gasteiger partial charge in [0.05, 0.1) is 18.4 Å². The van der Waals surface area contributed by atoms with Crippen LogP contribution in [0.1, 0.15) is 18.7 Å². The Balaban J connectivity index is 1.59. The highest BCUT2D eigenvalue weighted by atomic mass is 16.5. The van der Waals surface area contributed by atoms with Gasteiger partial charge < -0.3 is 15.0 Å². The second-order valence-corrected chi connectivity index (χ2v) is 4.83. The summed E-state index contributed by atoms with van der Waals surface area (Å²) in [4.78, 5) is 19.3. The van der Waals surface area contributed by atoms with Crippen LogP contribution in [-0.2, 0) is 16.1 Å². The van der Waals surface area contributed by atoms with Gasteiger partial charge >= 0.3 is 0 Å². The van der Waals surface area contributed by atoms with Gasteiger partial charge in [0, 0.05) is 6.61 Å². The Morgan fingerprint density at radius 3 is 3.00 bits per heavy atom. The maximum Gasteiger partial charge on any atom is 0.249 e. The molecule has 1 aliphatic heterocycles. The van der Waals surface area contributed by atoms with Gasteiger partial charge in [-0.15, -0.1) is 0 Å². The van der Waals surface area contributed by atoms with Crippen molar-refractivity contribution in [3.63, 3.8) is 0 Å². The molecule has 5 heteroatoms. The number of amides is 1. The van der Waals surface area contributed by atoms with Crippen molar-refractivity contribution in [1.29, 1.82) is 0 Å². The first-order chi connectivity index (χ1) is 9.83. The van der Waals surface area contributed by atoms with Gasteiger partial charge in [-0.2, -0.15) is 0 Å². The molecule has 2 aromatic rings. The van der Waals surface area contributed by atoms with Crippen LogP contribution in [-0.4, -0.2) is 28.6 Å². The number of ether oxygens (including phenoxy) is 1. The SMILES string of the molecule is O=C(NCc1ncc(-c2ccccc2)[nH]1)[C@@H]1CCCO1. The number of aromatic nitrogens is 2. The molecule has 20 heavy (non-hydrogen) atoms. The molecule has 0 aliphatic carbocycles. The molecule has 1 saturated heterocycles. The van der Waals surface area contributed by atoms with E-state index in [4.69, 9.17) is 4.74 Å². The van der Waals surface area contributed by atoms with Crippen LogP contribution in [0.15, 0.2) is 36.5 Å². The number of hydrogen-bond donors (Lipinski definition) is 2. The van der Waals surface area contributed by atoms with E-state index in [9.17, 15) is 4.79 Å². The zero-order chi connectivity index (χ0) is 13.8. The molecule has 1 amide bonds. The fraction of sp³-hybridized carbons (Fsp3) is 0.333. The molecular weight excluding hydrogens is 254 g/mol. The van der Waals surface area contributed by atoms with E-state index in [-0.39, 0.29) is 12.0 Å². The van der Waals surface area contributed by atoms with Crippen LogP contribution in [0.2, 0.25) is 0 Å². The highest BCUT2D eigenvalue weighted by Crippen LogP contribution is 2.16. The van der Waals surface area contributed by atoms with Crippen LogP contribution in [0.4, 0.5) is 0 Å². The maximum absolute atomic E-state index is 11.8. The first-order valence-corrected chi connectivity index (χ1v) is 6.81. The van der Waals surface area contributed by atoms with Gasteiger partial charge in [0.2, 0.25) is 5.91 Å². The Morgan fingerprint density at radius 1 is 1.40 bits per heavy atom. The van der Waals surface area contributed by atoms with E-state index in [1.807, 2.05) is 30.3 Å². The quantitative estimate of drug-likeness (QED) is 0.892. The minimum atomic E-state index is -0.293. The molecule has 1 aromatic carbocycles. The van der Waals surface area contributed by atoms with E-state index >= 15 is 0 Å². The van der Waals surface area contributed by atoms with Crippen molar-refractivity contribution in [2.75, 3.05) is 6.61 Å². The van der Waals surface area contributed by atoms with Crippen molar-refractivity contribution in [3.8, 4) is 11.3 Å². The van der Waals surface area contributed by atoms with Crippen LogP contribution < -0.4 is 5.32 Å². The molecule has 5 nitrogen and oxygen atoms in total. The van der Waals surface area contributed by atoms with E-state index in [2.05, 4.69) is 15.3 Å². The van der Waals surface area contributed by atoms with Gasteiger partial charge in [0.25, 0.3) is 0 Å². The van der Waals surface area contributed by atoms with Crippen LogP contribution >= 0.6 is 0 Å². The first kappa shape index (κ1) is 12.9. The van der Waals surface area contributed by atoms with E-state index in [0.717, 1.165) is 29.9 Å². The van der Waals surface area contributed by atoms with Gasteiger partial charge in [0.15, 0.2) is 0 Å². The number of carbonyl (C=O) groups is 1. The third kappa shape index (κ3) is 2.88. The number of imidazole rings is 1. The molecule has 3 rings (SSSR count). The molecule has 0 saturated carbocycles. The number of aromatic amines is 1. The Labute approximate surface area is 117 Å². The summed E-state index contributed by atoms with van der Waals surface area (Å²) in [5.74, 6) is 0.690. The van der Waals surface area contributed by atoms with Gasteiger partial charge in [-0.3, -0.25) is 4.79 Å². The summed E-state index contributed by atoms with van der Waals surface area (Å²) in [6.45, 7) is 1.07. The van der Waals surface area contributed by atoms with Crippen LogP contribution in [0.5, 0.6) is 0 Å². The summed E-state index contributed by atoms with van der Waals surface area (Å²) in [7, 11) is 0. The van der Waals surface area contributed by atoms with Gasteiger partial charge in [-0.1, -0.05) is 30.3 Å². The van der Waals surface area contributed by atoms with Crippen LogP contribution in [0, 0.1) is 0 Å². The standard InChI is InChI=1S/C15H17N3O2/c19-15(13-7-4-8-20-13)17-10-14-16-9-12(18-14)11-5-2-1-3-6-11/h1-3,5-6,9,13H,4,7-8,10H2,(H,16,18)(H,17,19)/t13-/m0/s1. The average Bonchev–Trinajstić information content (AvgIpc) is 3.17. The Hall–Kier alpha value is -2.14. The zero-order valence-electron chi connectivity index (χ0n) is 11.1. The molecule has 0 spiro atoms. The number of benzene rings is 1. The average molecular weight is 271 g/mol. The number of H-pyrrole nitrogens is 1. The third-order valence-electron chi connectivity index (χ3n) is 3.37. The minimum absolute atomic E-state index is 0.0554. The van der Waals surface area contributed by atoms with Crippen molar-refractivity contribution in [2.45, 2.75) is 25.5 Å². The first-order valence-electron chi connectivity index (χ1n) is 6.81. The summed E-state index contributed by atoms with van der Waals surface area (Å²) in [6, 6.07) is 9.97. The Kier molecular flexibility index (Phi) is 3.78. The predicted molar refractivity (Wildman–Crippen MR) is 74.8 cm³/mol. The zero-order valence-corrected chi connectivity index (χ0v) is 11.1. The van der Waals surface area contributed by atoms with E-state index in [1.165, 1.54) is 0 Å². The molecule has 1 aromatic heterocycles. The predicted octanol–water partition coefficient (Wildman–Crippen LogP) is 1.87. The molecule has 1 fully saturated rings. The van der Waals surface area contributed by atoms with E-state index in [0.29, 0.717) is 13.2 Å². The van der Waals surface area contributed by atoms with Crippen molar-refractivity contribution in [2.24, 2.45) is 0 Å². The smallest absolute Gasteiger partial charge is 0.249 e. The number of nitrogens with one attached hydrogen (secondary N) is 2. The summed E-state index contributed by atoms with van der Waals surface area (Å²) in [6.07, 6.45) is 3.25. The monoisotopic (exact) mass is 271 g/mol. The Bertz CT molecular complexity index is 574. The lowest BCUT2D eigenvalue weighted by Gasteiger charge is -2.08. The van der Waals surface area contributed by atoms with Crippen LogP contribution in [0.3, 0.4) is 0 Å². The van der Waals surface area contributed by atoms with Gasteiger partial charge in [-0.25, -0.2) is 4.98 Å². The van der Waals surface area contributed by atoms with Crippen molar-refractivity contribution in [3.05, 3.63) is 42.4 Å². The molecule has 2 heterocycles. The van der Waals surface area contributed by atoms with Crippen molar-refractivity contribution in [1.82, 2.24) is 15.3 Å². The molecule has 1 aliphatic rings.